The number of nitrogens with zero attached hydrogens (tertiary/aromatic N) is 4. The molecule has 2 heterocycles. The van der Waals surface area contributed by atoms with Crippen LogP contribution in [-0.2, 0) is 5.41 Å². The zero-order chi connectivity index (χ0) is 24.3. The van der Waals surface area contributed by atoms with Crippen LogP contribution in [0.5, 0.6) is 0 Å². The van der Waals surface area contributed by atoms with Crippen molar-refractivity contribution >= 4 is 17.3 Å². The summed E-state index contributed by atoms with van der Waals surface area (Å²) >= 11 is 0. The molecular weight excluding hydrogens is 424 g/mol. The Morgan fingerprint density at radius 1 is 1.12 bits per heavy atom. The van der Waals surface area contributed by atoms with E-state index in [1.807, 2.05) is 64.3 Å². The van der Waals surface area contributed by atoms with Gasteiger partial charge in [0.25, 0.3) is 5.91 Å². The number of carbonyl (C=O) groups excluding carboxylic acids is 1. The van der Waals surface area contributed by atoms with Crippen LogP contribution in [0.15, 0.2) is 73.3 Å². The second-order valence-electron chi connectivity index (χ2n) is 8.62. The van der Waals surface area contributed by atoms with Gasteiger partial charge in [0.15, 0.2) is 0 Å². The zero-order valence-corrected chi connectivity index (χ0v) is 19.6. The molecule has 0 fully saturated rings. The summed E-state index contributed by atoms with van der Waals surface area (Å²) in [5.41, 5.74) is 6.02. The van der Waals surface area contributed by atoms with Crippen LogP contribution in [0.4, 0.5) is 11.4 Å². The van der Waals surface area contributed by atoms with E-state index in [0.717, 1.165) is 33.6 Å². The first-order chi connectivity index (χ1) is 16.3. The SMILES string of the molecule is CNc1ccncc1-c1cnn(-c2cc(NC(=O)c3cccc(C(C)(C)C#N)c3)ccc2C)c1. The fraction of sp³-hybridized carbons (Fsp3) is 0.185. The highest BCUT2D eigenvalue weighted by atomic mass is 16.1. The van der Waals surface area contributed by atoms with E-state index in [-0.39, 0.29) is 5.91 Å². The zero-order valence-electron chi connectivity index (χ0n) is 19.6. The van der Waals surface area contributed by atoms with Gasteiger partial charge >= 0.3 is 0 Å². The molecule has 0 bridgehead atoms. The smallest absolute Gasteiger partial charge is 0.255 e. The van der Waals surface area contributed by atoms with E-state index in [1.165, 1.54) is 0 Å². The van der Waals surface area contributed by atoms with Crippen molar-refractivity contribution in [3.8, 4) is 22.9 Å². The molecule has 0 atom stereocenters. The number of carbonyl (C=O) groups is 1. The molecule has 2 aromatic carbocycles. The molecular formula is C27H26N6O. The Morgan fingerprint density at radius 3 is 2.71 bits per heavy atom. The molecule has 4 rings (SSSR count). The van der Waals surface area contributed by atoms with Crippen LogP contribution in [0.3, 0.4) is 0 Å². The fourth-order valence-corrected chi connectivity index (χ4v) is 3.69. The molecule has 0 aliphatic carbocycles. The quantitative estimate of drug-likeness (QED) is 0.413. The maximum atomic E-state index is 12.9. The maximum Gasteiger partial charge on any atom is 0.255 e. The number of aromatic nitrogens is 3. The first-order valence-corrected chi connectivity index (χ1v) is 10.9. The number of amides is 1. The highest BCUT2D eigenvalue weighted by molar-refractivity contribution is 6.04. The number of nitrogens with one attached hydrogen (secondary N) is 2. The molecule has 170 valence electrons. The predicted molar refractivity (Wildman–Crippen MR) is 134 cm³/mol. The minimum atomic E-state index is -0.674. The number of anilines is 2. The largest absolute Gasteiger partial charge is 0.388 e. The molecule has 1 amide bonds. The second kappa shape index (κ2) is 9.20. The summed E-state index contributed by atoms with van der Waals surface area (Å²) in [6.07, 6.45) is 7.29. The number of hydrogen-bond donors (Lipinski definition) is 2. The molecule has 0 saturated carbocycles. The molecule has 0 spiro atoms. The number of nitriles is 1. The molecule has 0 unspecified atom stereocenters. The van der Waals surface area contributed by atoms with Gasteiger partial charge in [0, 0.05) is 53.7 Å². The summed E-state index contributed by atoms with van der Waals surface area (Å²) in [5, 5.41) is 20.1. The highest BCUT2D eigenvalue weighted by Gasteiger charge is 2.21. The Kier molecular flexibility index (Phi) is 6.15. The second-order valence-corrected chi connectivity index (χ2v) is 8.62. The van der Waals surface area contributed by atoms with E-state index in [1.54, 1.807) is 41.5 Å². The Balaban J connectivity index is 1.61. The van der Waals surface area contributed by atoms with Crippen molar-refractivity contribution in [2.45, 2.75) is 26.2 Å². The van der Waals surface area contributed by atoms with Crippen molar-refractivity contribution in [1.82, 2.24) is 14.8 Å². The molecule has 7 heteroatoms. The van der Waals surface area contributed by atoms with E-state index in [0.29, 0.717) is 11.3 Å². The van der Waals surface area contributed by atoms with E-state index in [2.05, 4.69) is 26.8 Å². The normalized spacial score (nSPS) is 11.0. The van der Waals surface area contributed by atoms with Crippen LogP contribution in [0.1, 0.15) is 35.3 Å². The molecule has 4 aromatic rings. The van der Waals surface area contributed by atoms with Crippen LogP contribution >= 0.6 is 0 Å². The van der Waals surface area contributed by atoms with Crippen molar-refractivity contribution in [2.24, 2.45) is 0 Å². The van der Waals surface area contributed by atoms with Crippen LogP contribution in [0.25, 0.3) is 16.8 Å². The lowest BCUT2D eigenvalue weighted by Crippen LogP contribution is -2.17. The minimum Gasteiger partial charge on any atom is -0.388 e. The third kappa shape index (κ3) is 4.52. The summed E-state index contributed by atoms with van der Waals surface area (Å²) in [6.45, 7) is 5.66. The van der Waals surface area contributed by atoms with Gasteiger partial charge in [-0.25, -0.2) is 4.68 Å². The van der Waals surface area contributed by atoms with Gasteiger partial charge in [-0.15, -0.1) is 0 Å². The van der Waals surface area contributed by atoms with Crippen molar-refractivity contribution in [3.63, 3.8) is 0 Å². The van der Waals surface area contributed by atoms with E-state index in [9.17, 15) is 10.1 Å². The van der Waals surface area contributed by atoms with Crippen LogP contribution < -0.4 is 10.6 Å². The van der Waals surface area contributed by atoms with Gasteiger partial charge in [-0.2, -0.15) is 10.4 Å². The van der Waals surface area contributed by atoms with Gasteiger partial charge in [0.05, 0.1) is 23.4 Å². The van der Waals surface area contributed by atoms with Crippen LogP contribution in [-0.4, -0.2) is 27.7 Å². The number of hydrogen-bond acceptors (Lipinski definition) is 5. The van der Waals surface area contributed by atoms with Gasteiger partial charge in [-0.1, -0.05) is 18.2 Å². The van der Waals surface area contributed by atoms with Gasteiger partial charge in [-0.3, -0.25) is 9.78 Å². The van der Waals surface area contributed by atoms with E-state index < -0.39 is 5.41 Å². The van der Waals surface area contributed by atoms with Crippen molar-refractivity contribution in [1.29, 1.82) is 5.26 Å². The Hall–Kier alpha value is -4.44. The van der Waals surface area contributed by atoms with Crippen molar-refractivity contribution < 1.29 is 4.79 Å². The first-order valence-electron chi connectivity index (χ1n) is 10.9. The summed E-state index contributed by atoms with van der Waals surface area (Å²) in [4.78, 5) is 17.2. The number of benzene rings is 2. The molecule has 7 nitrogen and oxygen atoms in total. The number of rotatable bonds is 6. The molecule has 2 aromatic heterocycles. The number of pyridine rings is 1. The van der Waals surface area contributed by atoms with Gasteiger partial charge < -0.3 is 10.6 Å². The summed E-state index contributed by atoms with van der Waals surface area (Å²) in [5.74, 6) is -0.236. The molecule has 0 radical (unpaired) electrons. The minimum absolute atomic E-state index is 0.236. The monoisotopic (exact) mass is 450 g/mol. The molecule has 0 saturated heterocycles. The predicted octanol–water partition coefficient (Wildman–Crippen LogP) is 5.34. The van der Waals surface area contributed by atoms with E-state index in [4.69, 9.17) is 0 Å². The Bertz CT molecular complexity index is 1400. The Labute approximate surface area is 199 Å². The fourth-order valence-electron chi connectivity index (χ4n) is 3.69. The molecule has 34 heavy (non-hydrogen) atoms. The third-order valence-corrected chi connectivity index (χ3v) is 5.82. The lowest BCUT2D eigenvalue weighted by atomic mass is 9.85. The van der Waals surface area contributed by atoms with Crippen LogP contribution in [0.2, 0.25) is 0 Å². The lowest BCUT2D eigenvalue weighted by molar-refractivity contribution is 0.102. The molecule has 0 aliphatic rings. The highest BCUT2D eigenvalue weighted by Crippen LogP contribution is 2.28. The van der Waals surface area contributed by atoms with Gasteiger partial charge in [0.1, 0.15) is 0 Å². The average molecular weight is 451 g/mol. The molecule has 2 N–H and O–H groups in total. The topological polar surface area (TPSA) is 95.6 Å². The first kappa shape index (κ1) is 22.7. The standard InChI is InChI=1S/C27H26N6O/c1-18-8-9-22(32-26(34)19-6-5-7-21(12-19)27(2,3)17-28)13-25(18)33-16-20(14-31-33)23-15-30-11-10-24(23)29-4/h5-16H,1-4H3,(H,29,30)(H,32,34). The van der Waals surface area contributed by atoms with Gasteiger partial charge in [0.2, 0.25) is 0 Å². The summed E-state index contributed by atoms with van der Waals surface area (Å²) in [6, 6.07) is 17.1. The average Bonchev–Trinajstić information content (AvgIpc) is 3.35. The lowest BCUT2D eigenvalue weighted by Gasteiger charge is -2.16. The summed E-state index contributed by atoms with van der Waals surface area (Å²) in [7, 11) is 1.87. The summed E-state index contributed by atoms with van der Waals surface area (Å²) < 4.78 is 1.79. The Morgan fingerprint density at radius 2 is 1.94 bits per heavy atom. The van der Waals surface area contributed by atoms with E-state index >= 15 is 0 Å². The molecule has 0 aliphatic heterocycles. The third-order valence-electron chi connectivity index (χ3n) is 5.82. The van der Waals surface area contributed by atoms with Crippen LogP contribution in [0, 0.1) is 18.3 Å². The van der Waals surface area contributed by atoms with Crippen molar-refractivity contribution in [2.75, 3.05) is 17.7 Å². The maximum absolute atomic E-state index is 12.9. The van der Waals surface area contributed by atoms with Crippen molar-refractivity contribution in [3.05, 3.63) is 90.0 Å². The van der Waals surface area contributed by atoms with Gasteiger partial charge in [-0.05, 0) is 62.2 Å². The number of aryl methyl sites for hydroxylation is 1.